The molecule has 0 bridgehead atoms. The van der Waals surface area contributed by atoms with Gasteiger partial charge in [-0.1, -0.05) is 194 Å². The van der Waals surface area contributed by atoms with E-state index in [1.54, 1.807) is 0 Å². The van der Waals surface area contributed by atoms with Crippen molar-refractivity contribution in [2.45, 2.75) is 0 Å². The average molecular weight is 815 g/mol. The fourth-order valence-electron chi connectivity index (χ4n) is 9.96. The second kappa shape index (κ2) is 15.8. The maximum atomic E-state index is 2.44. The monoisotopic (exact) mass is 814 g/mol. The standard InChI is InChI=1S/C62H42N2/c1-5-20-43(21-6-1)46-26-17-30-49(40-46)63(50-31-18-27-47(41-50)52-35-19-37-59-62(52)56-34-15-16-36-58(56)64(59)48-28-11-4-12-29-48)51-38-39-54-53-32-13-14-33-55(53)60(44-22-7-2-8-23-44)61(57(54)42-51)45-24-9-3-10-25-45/h1-42H. The van der Waals surface area contributed by atoms with Gasteiger partial charge in [0, 0.05) is 33.5 Å². The molecule has 11 aromatic carbocycles. The zero-order valence-electron chi connectivity index (χ0n) is 35.1. The highest BCUT2D eigenvalue weighted by molar-refractivity contribution is 6.22. The second-order valence-corrected chi connectivity index (χ2v) is 16.4. The zero-order chi connectivity index (χ0) is 42.4. The number of fused-ring (bicyclic) bond motifs is 6. The molecule has 64 heavy (non-hydrogen) atoms. The number of para-hydroxylation sites is 2. The molecule has 0 unspecified atom stereocenters. The van der Waals surface area contributed by atoms with Crippen LogP contribution in [-0.2, 0) is 0 Å². The van der Waals surface area contributed by atoms with E-state index in [9.17, 15) is 0 Å². The van der Waals surface area contributed by atoms with Gasteiger partial charge in [0.05, 0.1) is 11.0 Å². The van der Waals surface area contributed by atoms with Gasteiger partial charge >= 0.3 is 0 Å². The predicted molar refractivity (Wildman–Crippen MR) is 272 cm³/mol. The smallest absolute Gasteiger partial charge is 0.0547 e. The van der Waals surface area contributed by atoms with Crippen LogP contribution < -0.4 is 4.90 Å². The van der Waals surface area contributed by atoms with Gasteiger partial charge in [-0.15, -0.1) is 0 Å². The first-order chi connectivity index (χ1) is 31.8. The molecule has 0 amide bonds. The van der Waals surface area contributed by atoms with Crippen molar-refractivity contribution >= 4 is 60.4 Å². The van der Waals surface area contributed by atoms with Crippen molar-refractivity contribution < 1.29 is 0 Å². The predicted octanol–water partition coefficient (Wildman–Crippen LogP) is 17.2. The molecule has 0 saturated heterocycles. The lowest BCUT2D eigenvalue weighted by atomic mass is 9.85. The lowest BCUT2D eigenvalue weighted by Crippen LogP contribution is -2.10. The highest BCUT2D eigenvalue weighted by Gasteiger charge is 2.22. The number of rotatable bonds is 8. The third kappa shape index (κ3) is 6.35. The molecule has 2 heteroatoms. The topological polar surface area (TPSA) is 8.17 Å². The molecule has 0 spiro atoms. The Balaban J connectivity index is 1.12. The third-order valence-corrected chi connectivity index (χ3v) is 12.7. The fraction of sp³-hybridized carbons (Fsp3) is 0. The van der Waals surface area contributed by atoms with Crippen molar-refractivity contribution in [1.82, 2.24) is 4.57 Å². The largest absolute Gasteiger partial charge is 0.310 e. The van der Waals surface area contributed by atoms with Crippen LogP contribution in [0.4, 0.5) is 17.1 Å². The number of anilines is 3. The Morgan fingerprint density at radius 2 is 0.734 bits per heavy atom. The first-order valence-corrected chi connectivity index (χ1v) is 22.0. The molecule has 0 aliphatic rings. The molecule has 1 heterocycles. The van der Waals surface area contributed by atoms with E-state index in [2.05, 4.69) is 264 Å². The summed E-state index contributed by atoms with van der Waals surface area (Å²) in [5, 5.41) is 7.40. The fourth-order valence-corrected chi connectivity index (χ4v) is 9.96. The van der Waals surface area contributed by atoms with Crippen molar-refractivity contribution in [3.63, 3.8) is 0 Å². The van der Waals surface area contributed by atoms with Gasteiger partial charge in [-0.05, 0) is 127 Å². The minimum absolute atomic E-state index is 1.08. The van der Waals surface area contributed by atoms with Crippen LogP contribution in [0.3, 0.4) is 0 Å². The van der Waals surface area contributed by atoms with Gasteiger partial charge in [0.15, 0.2) is 0 Å². The molecular weight excluding hydrogens is 773 g/mol. The number of hydrogen-bond donors (Lipinski definition) is 0. The van der Waals surface area contributed by atoms with E-state index < -0.39 is 0 Å². The molecule has 0 saturated carbocycles. The quantitative estimate of drug-likeness (QED) is 0.139. The first-order valence-electron chi connectivity index (χ1n) is 22.0. The van der Waals surface area contributed by atoms with Crippen LogP contribution in [0.1, 0.15) is 0 Å². The number of aromatic nitrogens is 1. The Morgan fingerprint density at radius 1 is 0.266 bits per heavy atom. The maximum absolute atomic E-state index is 2.44. The molecule has 0 aliphatic heterocycles. The van der Waals surface area contributed by atoms with Crippen LogP contribution in [0.5, 0.6) is 0 Å². The number of hydrogen-bond acceptors (Lipinski definition) is 1. The van der Waals surface area contributed by atoms with Crippen LogP contribution in [0.25, 0.3) is 93.5 Å². The van der Waals surface area contributed by atoms with Crippen molar-refractivity contribution in [2.24, 2.45) is 0 Å². The third-order valence-electron chi connectivity index (χ3n) is 12.7. The lowest BCUT2D eigenvalue weighted by Gasteiger charge is -2.28. The summed E-state index contributed by atoms with van der Waals surface area (Å²) in [6, 6.07) is 92.7. The van der Waals surface area contributed by atoms with Crippen molar-refractivity contribution in [2.75, 3.05) is 4.90 Å². The first kappa shape index (κ1) is 37.3. The summed E-state index contributed by atoms with van der Waals surface area (Å²) < 4.78 is 2.40. The van der Waals surface area contributed by atoms with Crippen molar-refractivity contribution in [3.05, 3.63) is 255 Å². The van der Waals surface area contributed by atoms with Crippen molar-refractivity contribution in [3.8, 4) is 50.2 Å². The highest BCUT2D eigenvalue weighted by atomic mass is 15.1. The molecule has 0 aliphatic carbocycles. The van der Waals surface area contributed by atoms with E-state index in [4.69, 9.17) is 0 Å². The maximum Gasteiger partial charge on any atom is 0.0547 e. The molecule has 1 aromatic heterocycles. The Hall–Kier alpha value is -8.46. The van der Waals surface area contributed by atoms with E-state index in [0.29, 0.717) is 0 Å². The van der Waals surface area contributed by atoms with Crippen LogP contribution >= 0.6 is 0 Å². The van der Waals surface area contributed by atoms with Gasteiger partial charge in [-0.2, -0.15) is 0 Å². The molecule has 12 aromatic rings. The van der Waals surface area contributed by atoms with Gasteiger partial charge in [-0.3, -0.25) is 0 Å². The van der Waals surface area contributed by atoms with E-state index >= 15 is 0 Å². The van der Waals surface area contributed by atoms with Crippen molar-refractivity contribution in [1.29, 1.82) is 0 Å². The SMILES string of the molecule is c1ccc(-c2cccc(N(c3cccc(-c4cccc5c4c4ccccc4n5-c4ccccc4)c3)c3ccc4c(c3)c(-c3ccccc3)c(-c3ccccc3)c3ccccc34)c2)cc1. The number of benzene rings is 11. The molecule has 0 atom stereocenters. The van der Waals surface area contributed by atoms with Crippen LogP contribution in [0.15, 0.2) is 255 Å². The van der Waals surface area contributed by atoms with Gasteiger partial charge in [0.25, 0.3) is 0 Å². The molecule has 12 rings (SSSR count). The Kier molecular flexibility index (Phi) is 9.20. The summed E-state index contributed by atoms with van der Waals surface area (Å²) >= 11 is 0. The molecule has 2 nitrogen and oxygen atoms in total. The Bertz CT molecular complexity index is 3650. The molecule has 0 radical (unpaired) electrons. The van der Waals surface area contributed by atoms with Gasteiger partial charge < -0.3 is 9.47 Å². The summed E-state index contributed by atoms with van der Waals surface area (Å²) in [6.45, 7) is 0. The van der Waals surface area contributed by atoms with Gasteiger partial charge in [0.2, 0.25) is 0 Å². The summed E-state index contributed by atoms with van der Waals surface area (Å²) in [5.41, 5.74) is 16.4. The normalized spacial score (nSPS) is 11.4. The Morgan fingerprint density at radius 3 is 1.42 bits per heavy atom. The second-order valence-electron chi connectivity index (χ2n) is 16.4. The van der Waals surface area contributed by atoms with Gasteiger partial charge in [-0.25, -0.2) is 0 Å². The van der Waals surface area contributed by atoms with Crippen LogP contribution in [-0.4, -0.2) is 4.57 Å². The zero-order valence-corrected chi connectivity index (χ0v) is 35.1. The summed E-state index contributed by atoms with van der Waals surface area (Å²) in [5.74, 6) is 0. The molecule has 300 valence electrons. The molecule has 0 fully saturated rings. The number of nitrogens with zero attached hydrogens (tertiary/aromatic N) is 2. The van der Waals surface area contributed by atoms with E-state index in [1.165, 1.54) is 82.3 Å². The molecular formula is C62H42N2. The van der Waals surface area contributed by atoms with E-state index in [-0.39, 0.29) is 0 Å². The Labute approximate surface area is 373 Å². The lowest BCUT2D eigenvalue weighted by molar-refractivity contribution is 1.18. The van der Waals surface area contributed by atoms with Crippen LogP contribution in [0, 0.1) is 0 Å². The summed E-state index contributed by atoms with van der Waals surface area (Å²) in [6.07, 6.45) is 0. The average Bonchev–Trinajstić information content (AvgIpc) is 3.72. The van der Waals surface area contributed by atoms with Crippen LogP contribution in [0.2, 0.25) is 0 Å². The van der Waals surface area contributed by atoms with E-state index in [0.717, 1.165) is 28.3 Å². The summed E-state index contributed by atoms with van der Waals surface area (Å²) in [4.78, 5) is 2.44. The minimum Gasteiger partial charge on any atom is -0.310 e. The highest BCUT2D eigenvalue weighted by Crippen LogP contribution is 2.48. The minimum atomic E-state index is 1.08. The van der Waals surface area contributed by atoms with Gasteiger partial charge in [0.1, 0.15) is 0 Å². The summed E-state index contributed by atoms with van der Waals surface area (Å²) in [7, 11) is 0. The van der Waals surface area contributed by atoms with E-state index in [1.807, 2.05) is 0 Å². The molecule has 0 N–H and O–H groups in total.